The van der Waals surface area contributed by atoms with Gasteiger partial charge in [-0.1, -0.05) is 6.92 Å². The summed E-state index contributed by atoms with van der Waals surface area (Å²) in [4.78, 5) is 3.93. The van der Waals surface area contributed by atoms with Gasteiger partial charge in [0.15, 0.2) is 5.95 Å². The molecule has 2 N–H and O–H groups in total. The summed E-state index contributed by atoms with van der Waals surface area (Å²) >= 11 is 0. The lowest BCUT2D eigenvalue weighted by molar-refractivity contribution is 0.152. The molecule has 0 aliphatic rings. The van der Waals surface area contributed by atoms with Crippen LogP contribution in [0.1, 0.15) is 6.92 Å². The molecule has 1 aromatic heterocycles. The van der Waals surface area contributed by atoms with Crippen molar-refractivity contribution in [3.63, 3.8) is 0 Å². The Morgan fingerprint density at radius 2 is 2.50 bits per heavy atom. The lowest BCUT2D eigenvalue weighted by Crippen LogP contribution is -2.13. The number of hydrogen-bond donors (Lipinski definition) is 1. The minimum absolute atomic E-state index is 0.464. The summed E-state index contributed by atoms with van der Waals surface area (Å²) in [6, 6.07) is 0. The fourth-order valence-corrected chi connectivity index (χ4v) is 1.17. The summed E-state index contributed by atoms with van der Waals surface area (Å²) < 4.78 is 6.94. The van der Waals surface area contributed by atoms with Crippen LogP contribution in [0.2, 0.25) is 0 Å². The molecule has 1 unspecified atom stereocenters. The molecular weight excluding hydrogens is 154 g/mol. The van der Waals surface area contributed by atoms with Crippen molar-refractivity contribution in [1.82, 2.24) is 9.55 Å². The molecule has 0 spiro atoms. The number of nitrogens with zero attached hydrogens (tertiary/aromatic N) is 2. The molecule has 1 heterocycles. The van der Waals surface area contributed by atoms with E-state index in [9.17, 15) is 0 Å². The Kier molecular flexibility index (Phi) is 3.10. The zero-order valence-electron chi connectivity index (χ0n) is 7.53. The van der Waals surface area contributed by atoms with Gasteiger partial charge in [-0.15, -0.1) is 0 Å². The molecule has 0 saturated carbocycles. The summed E-state index contributed by atoms with van der Waals surface area (Å²) in [5.74, 6) is 1.03. The van der Waals surface area contributed by atoms with Crippen molar-refractivity contribution in [2.75, 3.05) is 19.5 Å². The van der Waals surface area contributed by atoms with Gasteiger partial charge in [0.05, 0.1) is 6.61 Å². The molecule has 4 heteroatoms. The number of hydrogen-bond acceptors (Lipinski definition) is 3. The summed E-state index contributed by atoms with van der Waals surface area (Å²) in [6.45, 7) is 3.72. The number of methoxy groups -OCH3 is 1. The van der Waals surface area contributed by atoms with E-state index in [-0.39, 0.29) is 0 Å². The Labute approximate surface area is 72.3 Å². The largest absolute Gasteiger partial charge is 0.384 e. The highest BCUT2D eigenvalue weighted by molar-refractivity contribution is 5.16. The van der Waals surface area contributed by atoms with E-state index in [2.05, 4.69) is 11.9 Å². The predicted molar refractivity (Wildman–Crippen MR) is 47.7 cm³/mol. The number of ether oxygens (including phenoxy) is 1. The normalized spacial score (nSPS) is 13.2. The van der Waals surface area contributed by atoms with E-state index < -0.39 is 0 Å². The molecule has 0 aromatic carbocycles. The van der Waals surface area contributed by atoms with E-state index >= 15 is 0 Å². The Morgan fingerprint density at radius 3 is 3.00 bits per heavy atom. The maximum absolute atomic E-state index is 5.60. The van der Waals surface area contributed by atoms with Crippen molar-refractivity contribution in [3.05, 3.63) is 12.4 Å². The van der Waals surface area contributed by atoms with Gasteiger partial charge >= 0.3 is 0 Å². The van der Waals surface area contributed by atoms with Crippen LogP contribution in [0.3, 0.4) is 0 Å². The van der Waals surface area contributed by atoms with Gasteiger partial charge in [-0.05, 0) is 5.92 Å². The second-order valence-corrected chi connectivity index (χ2v) is 3.00. The van der Waals surface area contributed by atoms with Crippen molar-refractivity contribution in [2.45, 2.75) is 13.5 Å². The average molecular weight is 169 g/mol. The van der Waals surface area contributed by atoms with E-state index in [0.29, 0.717) is 11.9 Å². The van der Waals surface area contributed by atoms with Crippen LogP contribution < -0.4 is 5.73 Å². The van der Waals surface area contributed by atoms with E-state index in [1.165, 1.54) is 0 Å². The highest BCUT2D eigenvalue weighted by Crippen LogP contribution is 2.05. The molecule has 0 bridgehead atoms. The highest BCUT2D eigenvalue weighted by atomic mass is 16.5. The molecule has 1 aromatic rings. The molecule has 0 aliphatic heterocycles. The van der Waals surface area contributed by atoms with E-state index in [1.54, 1.807) is 13.3 Å². The summed E-state index contributed by atoms with van der Waals surface area (Å²) in [5.41, 5.74) is 5.60. The fraction of sp³-hybridized carbons (Fsp3) is 0.625. The number of rotatable bonds is 4. The molecule has 0 amide bonds. The number of nitrogen functional groups attached to an aromatic ring is 1. The van der Waals surface area contributed by atoms with Crippen molar-refractivity contribution >= 4 is 5.95 Å². The zero-order chi connectivity index (χ0) is 8.97. The van der Waals surface area contributed by atoms with E-state index in [0.717, 1.165) is 13.2 Å². The van der Waals surface area contributed by atoms with Crippen LogP contribution >= 0.6 is 0 Å². The molecular formula is C8H15N3O. The molecule has 1 rings (SSSR count). The fourth-order valence-electron chi connectivity index (χ4n) is 1.17. The topological polar surface area (TPSA) is 53.1 Å². The van der Waals surface area contributed by atoms with Gasteiger partial charge in [-0.25, -0.2) is 4.98 Å². The maximum Gasteiger partial charge on any atom is 0.200 e. The Balaban J connectivity index is 2.46. The number of aromatic nitrogens is 2. The van der Waals surface area contributed by atoms with Gasteiger partial charge in [-0.3, -0.25) is 0 Å². The van der Waals surface area contributed by atoms with Crippen molar-refractivity contribution in [3.8, 4) is 0 Å². The van der Waals surface area contributed by atoms with Crippen LogP contribution in [-0.4, -0.2) is 23.3 Å². The van der Waals surface area contributed by atoms with Gasteiger partial charge in [0.1, 0.15) is 0 Å². The SMILES string of the molecule is COCC(C)Cn1ccnc1N. The molecule has 68 valence electrons. The minimum Gasteiger partial charge on any atom is -0.384 e. The second-order valence-electron chi connectivity index (χ2n) is 3.00. The van der Waals surface area contributed by atoms with Gasteiger partial charge in [-0.2, -0.15) is 0 Å². The number of nitrogens with two attached hydrogens (primary N) is 1. The Bertz CT molecular complexity index is 234. The summed E-state index contributed by atoms with van der Waals surface area (Å²) in [6.07, 6.45) is 3.58. The summed E-state index contributed by atoms with van der Waals surface area (Å²) in [5, 5.41) is 0. The van der Waals surface area contributed by atoms with Crippen molar-refractivity contribution in [2.24, 2.45) is 5.92 Å². The van der Waals surface area contributed by atoms with Gasteiger partial charge in [0.25, 0.3) is 0 Å². The minimum atomic E-state index is 0.464. The van der Waals surface area contributed by atoms with Gasteiger partial charge in [0.2, 0.25) is 0 Å². The Morgan fingerprint density at radius 1 is 1.75 bits per heavy atom. The first-order valence-electron chi connectivity index (χ1n) is 3.99. The monoisotopic (exact) mass is 169 g/mol. The van der Waals surface area contributed by atoms with Crippen LogP contribution in [0.15, 0.2) is 12.4 Å². The number of imidazole rings is 1. The second kappa shape index (κ2) is 4.11. The van der Waals surface area contributed by atoms with Crippen molar-refractivity contribution < 1.29 is 4.74 Å². The first kappa shape index (κ1) is 9.06. The first-order chi connectivity index (χ1) is 5.74. The first-order valence-corrected chi connectivity index (χ1v) is 3.99. The van der Waals surface area contributed by atoms with Crippen molar-refractivity contribution in [1.29, 1.82) is 0 Å². The molecule has 0 aliphatic carbocycles. The molecule has 0 fully saturated rings. The van der Waals surface area contributed by atoms with E-state index in [4.69, 9.17) is 10.5 Å². The predicted octanol–water partition coefficient (Wildman–Crippen LogP) is 0.748. The molecule has 0 radical (unpaired) electrons. The lowest BCUT2D eigenvalue weighted by atomic mass is 10.2. The standard InChI is InChI=1S/C8H15N3O/c1-7(6-12-2)5-11-4-3-10-8(11)9/h3-4,7H,5-6H2,1-2H3,(H2,9,10). The van der Waals surface area contributed by atoms with Crippen LogP contribution in [0.5, 0.6) is 0 Å². The van der Waals surface area contributed by atoms with E-state index in [1.807, 2.05) is 10.8 Å². The quantitative estimate of drug-likeness (QED) is 0.723. The van der Waals surface area contributed by atoms with Crippen LogP contribution in [0.4, 0.5) is 5.95 Å². The Hall–Kier alpha value is -1.03. The third-order valence-corrected chi connectivity index (χ3v) is 1.71. The van der Waals surface area contributed by atoms with Crippen LogP contribution in [0, 0.1) is 5.92 Å². The average Bonchev–Trinajstić information content (AvgIpc) is 2.37. The zero-order valence-corrected chi connectivity index (χ0v) is 7.53. The molecule has 12 heavy (non-hydrogen) atoms. The van der Waals surface area contributed by atoms with Gasteiger partial charge < -0.3 is 15.0 Å². The molecule has 1 atom stereocenters. The smallest absolute Gasteiger partial charge is 0.200 e. The summed E-state index contributed by atoms with van der Waals surface area (Å²) in [7, 11) is 1.70. The molecule has 4 nitrogen and oxygen atoms in total. The van der Waals surface area contributed by atoms with Gasteiger partial charge in [0, 0.05) is 26.0 Å². The third-order valence-electron chi connectivity index (χ3n) is 1.71. The van der Waals surface area contributed by atoms with Crippen LogP contribution in [-0.2, 0) is 11.3 Å². The van der Waals surface area contributed by atoms with Crippen LogP contribution in [0.25, 0.3) is 0 Å². The molecule has 0 saturated heterocycles. The highest BCUT2D eigenvalue weighted by Gasteiger charge is 2.04. The maximum atomic E-state index is 5.60. The lowest BCUT2D eigenvalue weighted by Gasteiger charge is -2.11. The number of anilines is 1. The third kappa shape index (κ3) is 2.23.